The molecule has 0 bridgehead atoms. The first kappa shape index (κ1) is 8.46. The molecule has 0 aromatic rings. The number of rotatable bonds is 2. The first-order chi connectivity index (χ1) is 4.22. The summed E-state index contributed by atoms with van der Waals surface area (Å²) < 4.78 is 0. The zero-order valence-electron chi connectivity index (χ0n) is 5.70. The largest absolute Gasteiger partial charge is 0.488 e. The Bertz CT molecular complexity index is 127. The van der Waals surface area contributed by atoms with Crippen molar-refractivity contribution in [3.63, 3.8) is 0 Å². The molecule has 0 radical (unpaired) electrons. The minimum atomic E-state index is -1.34. The lowest BCUT2D eigenvalue weighted by Gasteiger charge is -1.95. The maximum absolute atomic E-state index is 8.58. The van der Waals surface area contributed by atoms with Crippen molar-refractivity contribution >= 4 is 7.12 Å². The van der Waals surface area contributed by atoms with Crippen LogP contribution in [0.4, 0.5) is 0 Å². The van der Waals surface area contributed by atoms with Gasteiger partial charge in [-0.05, 0) is 19.3 Å². The van der Waals surface area contributed by atoms with E-state index in [0.29, 0.717) is 5.47 Å². The average Bonchev–Trinajstić information content (AvgIpc) is 1.82. The Kier molecular flexibility index (Phi) is 4.10. The molecule has 0 aromatic carbocycles. The normalized spacial score (nSPS) is 12.7. The van der Waals surface area contributed by atoms with Crippen LogP contribution in [-0.2, 0) is 0 Å². The van der Waals surface area contributed by atoms with E-state index in [2.05, 4.69) is 0 Å². The molecule has 2 nitrogen and oxygen atoms in total. The molecule has 0 aromatic heterocycles. The van der Waals surface area contributed by atoms with Crippen LogP contribution in [0.15, 0.2) is 23.7 Å². The van der Waals surface area contributed by atoms with Gasteiger partial charge in [0.15, 0.2) is 0 Å². The van der Waals surface area contributed by atoms with Crippen LogP contribution in [0.5, 0.6) is 0 Å². The lowest BCUT2D eigenvalue weighted by molar-refractivity contribution is 0.420. The summed E-state index contributed by atoms with van der Waals surface area (Å²) in [5.74, 6) is 0. The highest BCUT2D eigenvalue weighted by molar-refractivity contribution is 6.51. The Morgan fingerprint density at radius 3 is 2.00 bits per heavy atom. The molecule has 0 amide bonds. The summed E-state index contributed by atoms with van der Waals surface area (Å²) in [5.41, 5.74) is 0.525. The molecule has 0 saturated heterocycles. The molecular weight excluding hydrogens is 115 g/mol. The Labute approximate surface area is 55.7 Å². The minimum Gasteiger partial charge on any atom is -0.423 e. The topological polar surface area (TPSA) is 40.5 Å². The van der Waals surface area contributed by atoms with Gasteiger partial charge in [0.25, 0.3) is 0 Å². The molecule has 0 atom stereocenters. The van der Waals surface area contributed by atoms with Crippen LogP contribution in [0, 0.1) is 0 Å². The van der Waals surface area contributed by atoms with Crippen molar-refractivity contribution < 1.29 is 10.0 Å². The van der Waals surface area contributed by atoms with Crippen LogP contribution in [0.2, 0.25) is 0 Å². The summed E-state index contributed by atoms with van der Waals surface area (Å²) in [6, 6.07) is 0. The third-order valence-electron chi connectivity index (χ3n) is 0.991. The summed E-state index contributed by atoms with van der Waals surface area (Å²) in [4.78, 5) is 0. The van der Waals surface area contributed by atoms with Gasteiger partial charge in [-0.2, -0.15) is 0 Å². The number of hydrogen-bond donors (Lipinski definition) is 2. The standard InChI is InChI=1S/C6H11BO2/c1-3-5-6(4-2)7(8)9/h3-5,8-9H,1-2H3/b5-3-,6-4+. The molecule has 0 aliphatic carbocycles. The summed E-state index contributed by atoms with van der Waals surface area (Å²) in [5, 5.41) is 17.2. The molecule has 0 heterocycles. The van der Waals surface area contributed by atoms with Gasteiger partial charge in [0.2, 0.25) is 0 Å². The van der Waals surface area contributed by atoms with E-state index in [4.69, 9.17) is 10.0 Å². The van der Waals surface area contributed by atoms with Gasteiger partial charge in [-0.1, -0.05) is 18.2 Å². The first-order valence-corrected chi connectivity index (χ1v) is 2.87. The molecule has 0 rings (SSSR count). The van der Waals surface area contributed by atoms with Crippen LogP contribution in [0.25, 0.3) is 0 Å². The molecular formula is C6H11BO2. The van der Waals surface area contributed by atoms with Gasteiger partial charge < -0.3 is 10.0 Å². The van der Waals surface area contributed by atoms with E-state index < -0.39 is 7.12 Å². The van der Waals surface area contributed by atoms with Gasteiger partial charge in [-0.3, -0.25) is 0 Å². The molecule has 0 aliphatic heterocycles. The van der Waals surface area contributed by atoms with Crippen molar-refractivity contribution in [2.24, 2.45) is 0 Å². The summed E-state index contributed by atoms with van der Waals surface area (Å²) >= 11 is 0. The minimum absolute atomic E-state index is 0.525. The monoisotopic (exact) mass is 126 g/mol. The second-order valence-electron chi connectivity index (χ2n) is 1.66. The average molecular weight is 126 g/mol. The van der Waals surface area contributed by atoms with Crippen LogP contribution < -0.4 is 0 Å². The Morgan fingerprint density at radius 2 is 1.89 bits per heavy atom. The fourth-order valence-corrected chi connectivity index (χ4v) is 0.524. The van der Waals surface area contributed by atoms with Gasteiger partial charge in [0.1, 0.15) is 0 Å². The van der Waals surface area contributed by atoms with E-state index in [1.54, 1.807) is 25.2 Å². The quantitative estimate of drug-likeness (QED) is 0.418. The second kappa shape index (κ2) is 4.35. The number of hydrogen-bond acceptors (Lipinski definition) is 2. The molecule has 0 aliphatic rings. The van der Waals surface area contributed by atoms with Crippen molar-refractivity contribution in [1.82, 2.24) is 0 Å². The molecule has 9 heavy (non-hydrogen) atoms. The molecule has 0 fully saturated rings. The smallest absolute Gasteiger partial charge is 0.423 e. The van der Waals surface area contributed by atoms with Crippen molar-refractivity contribution in [2.75, 3.05) is 0 Å². The third-order valence-corrected chi connectivity index (χ3v) is 0.991. The first-order valence-electron chi connectivity index (χ1n) is 2.87. The zero-order valence-corrected chi connectivity index (χ0v) is 5.70. The predicted octanol–water partition coefficient (Wildman–Crippen LogP) is 0.521. The third kappa shape index (κ3) is 3.11. The highest BCUT2D eigenvalue weighted by Gasteiger charge is 2.08. The fourth-order valence-electron chi connectivity index (χ4n) is 0.524. The van der Waals surface area contributed by atoms with Crippen molar-refractivity contribution in [1.29, 1.82) is 0 Å². The SMILES string of the molecule is C/C=C\C(=C/C)B(O)O. The molecule has 2 N–H and O–H groups in total. The fraction of sp³-hybridized carbons (Fsp3) is 0.333. The van der Waals surface area contributed by atoms with E-state index in [9.17, 15) is 0 Å². The summed E-state index contributed by atoms with van der Waals surface area (Å²) in [6.45, 7) is 3.58. The lowest BCUT2D eigenvalue weighted by Crippen LogP contribution is -2.13. The van der Waals surface area contributed by atoms with Crippen molar-refractivity contribution in [2.45, 2.75) is 13.8 Å². The predicted molar refractivity (Wildman–Crippen MR) is 38.8 cm³/mol. The highest BCUT2D eigenvalue weighted by atomic mass is 16.4. The van der Waals surface area contributed by atoms with Crippen molar-refractivity contribution in [3.8, 4) is 0 Å². The molecule has 3 heteroatoms. The maximum Gasteiger partial charge on any atom is 0.488 e. The molecule has 50 valence electrons. The van der Waals surface area contributed by atoms with E-state index in [0.717, 1.165) is 0 Å². The summed E-state index contributed by atoms with van der Waals surface area (Å²) in [6.07, 6.45) is 5.07. The zero-order chi connectivity index (χ0) is 7.28. The Hall–Kier alpha value is -0.535. The molecule has 0 unspecified atom stereocenters. The van der Waals surface area contributed by atoms with Gasteiger partial charge in [0.05, 0.1) is 0 Å². The molecule has 0 spiro atoms. The Morgan fingerprint density at radius 1 is 1.33 bits per heavy atom. The van der Waals surface area contributed by atoms with E-state index >= 15 is 0 Å². The Balaban J connectivity index is 4.01. The van der Waals surface area contributed by atoms with Gasteiger partial charge in [-0.15, -0.1) is 0 Å². The van der Waals surface area contributed by atoms with E-state index in [-0.39, 0.29) is 0 Å². The van der Waals surface area contributed by atoms with E-state index in [1.807, 2.05) is 6.92 Å². The highest BCUT2D eigenvalue weighted by Crippen LogP contribution is 1.96. The van der Waals surface area contributed by atoms with Gasteiger partial charge >= 0.3 is 7.12 Å². The maximum atomic E-state index is 8.58. The van der Waals surface area contributed by atoms with Crippen molar-refractivity contribution in [3.05, 3.63) is 23.7 Å². The van der Waals surface area contributed by atoms with Crippen LogP contribution in [-0.4, -0.2) is 17.2 Å². The van der Waals surface area contributed by atoms with Crippen LogP contribution in [0.1, 0.15) is 13.8 Å². The van der Waals surface area contributed by atoms with Crippen LogP contribution >= 0.6 is 0 Å². The van der Waals surface area contributed by atoms with E-state index in [1.165, 1.54) is 0 Å². The summed E-state index contributed by atoms with van der Waals surface area (Å²) in [7, 11) is -1.34. The molecule has 0 saturated carbocycles. The van der Waals surface area contributed by atoms with Gasteiger partial charge in [-0.25, -0.2) is 0 Å². The van der Waals surface area contributed by atoms with Crippen LogP contribution in [0.3, 0.4) is 0 Å². The van der Waals surface area contributed by atoms with Gasteiger partial charge in [0, 0.05) is 0 Å². The second-order valence-corrected chi connectivity index (χ2v) is 1.66. The number of allylic oxidation sites excluding steroid dienone is 4. The lowest BCUT2D eigenvalue weighted by atomic mass is 9.79.